The largest absolute Gasteiger partial charge is 0.489 e. The van der Waals surface area contributed by atoms with Gasteiger partial charge in [-0.2, -0.15) is 8.42 Å². The SMILES string of the molecule is CC(C)(C(=O)OCC1=NS(=O)(=O)c2c(F)cccc2N1)C(O)c1ccc(OCc2ccccc2)cc1. The molecule has 8 nitrogen and oxygen atoms in total. The number of benzene rings is 3. The molecule has 0 saturated heterocycles. The van der Waals surface area contributed by atoms with Crippen LogP contribution in [0.1, 0.15) is 31.1 Å². The molecule has 1 unspecified atom stereocenters. The van der Waals surface area contributed by atoms with Crippen molar-refractivity contribution in [2.75, 3.05) is 11.9 Å². The molecule has 36 heavy (non-hydrogen) atoms. The van der Waals surface area contributed by atoms with E-state index in [-0.39, 0.29) is 11.5 Å². The Bertz CT molecular complexity index is 1390. The van der Waals surface area contributed by atoms with Gasteiger partial charge in [-0.25, -0.2) is 4.39 Å². The molecule has 1 heterocycles. The van der Waals surface area contributed by atoms with Gasteiger partial charge in [-0.1, -0.05) is 48.5 Å². The molecule has 10 heteroatoms. The van der Waals surface area contributed by atoms with E-state index in [0.29, 0.717) is 17.9 Å². The number of ether oxygens (including phenoxy) is 2. The first-order chi connectivity index (χ1) is 17.1. The Morgan fingerprint density at radius 1 is 1.03 bits per heavy atom. The minimum Gasteiger partial charge on any atom is -0.489 e. The molecule has 4 rings (SSSR count). The molecule has 3 aromatic rings. The molecule has 0 bridgehead atoms. The van der Waals surface area contributed by atoms with Crippen molar-refractivity contribution in [3.05, 3.63) is 89.7 Å². The van der Waals surface area contributed by atoms with Crippen LogP contribution < -0.4 is 10.1 Å². The summed E-state index contributed by atoms with van der Waals surface area (Å²) in [5.41, 5.74) is 0.128. The molecule has 1 atom stereocenters. The molecule has 0 spiro atoms. The number of esters is 1. The van der Waals surface area contributed by atoms with E-state index in [2.05, 4.69) is 9.71 Å². The molecule has 188 valence electrons. The van der Waals surface area contributed by atoms with Crippen LogP contribution in [0, 0.1) is 11.2 Å². The lowest BCUT2D eigenvalue weighted by Crippen LogP contribution is -2.36. The van der Waals surface area contributed by atoms with E-state index >= 15 is 0 Å². The van der Waals surface area contributed by atoms with E-state index < -0.39 is 44.8 Å². The summed E-state index contributed by atoms with van der Waals surface area (Å²) < 4.78 is 53.1. The molecule has 0 aromatic heterocycles. The lowest BCUT2D eigenvalue weighted by molar-refractivity contribution is -0.159. The number of rotatable bonds is 8. The standard InChI is InChI=1S/C26H25FN2O6S/c1-26(2,24(30)18-11-13-19(14-12-18)34-15-17-7-4-3-5-8-17)25(31)35-16-22-28-21-10-6-9-20(27)23(21)36(32,33)29-22/h3-14,24,30H,15-16H2,1-2H3,(H,28,29). The molecule has 0 aliphatic carbocycles. The van der Waals surface area contributed by atoms with E-state index in [1.807, 2.05) is 30.3 Å². The Morgan fingerprint density at radius 2 is 1.72 bits per heavy atom. The van der Waals surface area contributed by atoms with Crippen molar-refractivity contribution in [3.8, 4) is 5.75 Å². The number of carbonyl (C=O) groups excluding carboxylic acids is 1. The Balaban J connectivity index is 1.38. The van der Waals surface area contributed by atoms with Gasteiger partial charge in [0.15, 0.2) is 5.84 Å². The van der Waals surface area contributed by atoms with Gasteiger partial charge >= 0.3 is 5.97 Å². The molecular formula is C26H25FN2O6S. The first kappa shape index (κ1) is 25.3. The monoisotopic (exact) mass is 512 g/mol. The number of anilines is 1. The second-order valence-corrected chi connectivity index (χ2v) is 10.3. The third-order valence-corrected chi connectivity index (χ3v) is 7.12. The quantitative estimate of drug-likeness (QED) is 0.435. The van der Waals surface area contributed by atoms with Crippen molar-refractivity contribution in [2.45, 2.75) is 31.5 Å². The van der Waals surface area contributed by atoms with Crippen LogP contribution in [0.3, 0.4) is 0 Å². The smallest absolute Gasteiger partial charge is 0.314 e. The third-order valence-electron chi connectivity index (χ3n) is 5.73. The van der Waals surface area contributed by atoms with Crippen LogP contribution in [0.5, 0.6) is 5.75 Å². The molecule has 0 saturated carbocycles. The fraction of sp³-hybridized carbons (Fsp3) is 0.231. The number of amidine groups is 1. The zero-order valence-corrected chi connectivity index (χ0v) is 20.5. The van der Waals surface area contributed by atoms with Gasteiger partial charge in [0.1, 0.15) is 29.7 Å². The van der Waals surface area contributed by atoms with Gasteiger partial charge in [-0.15, -0.1) is 4.40 Å². The summed E-state index contributed by atoms with van der Waals surface area (Å²) in [6.45, 7) is 2.91. The average molecular weight is 513 g/mol. The van der Waals surface area contributed by atoms with Crippen LogP contribution >= 0.6 is 0 Å². The van der Waals surface area contributed by atoms with Crippen molar-refractivity contribution in [2.24, 2.45) is 9.81 Å². The Kier molecular flexibility index (Phi) is 7.09. The Morgan fingerprint density at radius 3 is 2.42 bits per heavy atom. The molecule has 1 aliphatic rings. The number of halogens is 1. The number of hydrogen-bond donors (Lipinski definition) is 2. The number of sulfonamides is 1. The molecule has 2 N–H and O–H groups in total. The fourth-order valence-corrected chi connectivity index (χ4v) is 4.83. The average Bonchev–Trinajstić information content (AvgIpc) is 2.85. The minimum absolute atomic E-state index is 0.00455. The van der Waals surface area contributed by atoms with E-state index in [9.17, 15) is 22.7 Å². The van der Waals surface area contributed by atoms with Gasteiger partial charge < -0.3 is 19.9 Å². The first-order valence-corrected chi connectivity index (χ1v) is 12.5. The van der Waals surface area contributed by atoms with Crippen LogP contribution in [-0.4, -0.2) is 31.9 Å². The zero-order valence-electron chi connectivity index (χ0n) is 19.6. The number of nitrogens with zero attached hydrogens (tertiary/aromatic N) is 1. The topological polar surface area (TPSA) is 114 Å². The molecule has 0 fully saturated rings. The lowest BCUT2D eigenvalue weighted by atomic mass is 9.82. The Hall–Kier alpha value is -3.76. The van der Waals surface area contributed by atoms with Crippen LogP contribution in [0.25, 0.3) is 0 Å². The summed E-state index contributed by atoms with van der Waals surface area (Å²) in [6, 6.07) is 20.1. The fourth-order valence-electron chi connectivity index (χ4n) is 3.64. The molecular weight excluding hydrogens is 487 g/mol. The highest BCUT2D eigenvalue weighted by Gasteiger charge is 2.39. The van der Waals surface area contributed by atoms with Gasteiger partial charge in [-0.3, -0.25) is 4.79 Å². The number of nitrogens with one attached hydrogen (secondary N) is 1. The molecule has 1 aliphatic heterocycles. The maximum atomic E-state index is 14.0. The highest BCUT2D eigenvalue weighted by atomic mass is 32.2. The summed E-state index contributed by atoms with van der Waals surface area (Å²) in [6.07, 6.45) is -1.21. The van der Waals surface area contributed by atoms with Gasteiger partial charge in [0, 0.05) is 0 Å². The van der Waals surface area contributed by atoms with Gasteiger partial charge in [0.2, 0.25) is 0 Å². The predicted molar refractivity (Wildman–Crippen MR) is 132 cm³/mol. The second kappa shape index (κ2) is 10.1. The van der Waals surface area contributed by atoms with Gasteiger partial charge in [0.05, 0.1) is 17.2 Å². The molecule has 3 aromatic carbocycles. The van der Waals surface area contributed by atoms with Gasteiger partial charge in [0.25, 0.3) is 10.0 Å². The first-order valence-electron chi connectivity index (χ1n) is 11.1. The van der Waals surface area contributed by atoms with Crippen LogP contribution in [0.4, 0.5) is 10.1 Å². The summed E-state index contributed by atoms with van der Waals surface area (Å²) in [5.74, 6) is -1.27. The molecule has 0 amide bonds. The predicted octanol–water partition coefficient (Wildman–Crippen LogP) is 4.22. The van der Waals surface area contributed by atoms with Crippen molar-refractivity contribution in [1.29, 1.82) is 0 Å². The maximum Gasteiger partial charge on any atom is 0.314 e. The Labute approximate surface area is 208 Å². The van der Waals surface area contributed by atoms with Crippen molar-refractivity contribution < 1.29 is 32.2 Å². The maximum absolute atomic E-state index is 14.0. The van der Waals surface area contributed by atoms with E-state index in [1.165, 1.54) is 26.0 Å². The third kappa shape index (κ3) is 5.39. The number of fused-ring (bicyclic) bond motifs is 1. The summed E-state index contributed by atoms with van der Waals surface area (Å²) in [4.78, 5) is 12.2. The van der Waals surface area contributed by atoms with E-state index in [0.717, 1.165) is 11.6 Å². The second-order valence-electron chi connectivity index (χ2n) is 8.80. The number of aliphatic hydroxyl groups is 1. The number of carbonyl (C=O) groups is 1. The van der Waals surface area contributed by atoms with Crippen molar-refractivity contribution >= 4 is 27.5 Å². The summed E-state index contributed by atoms with van der Waals surface area (Å²) in [5, 5.41) is 13.5. The minimum atomic E-state index is -4.29. The van der Waals surface area contributed by atoms with E-state index in [4.69, 9.17) is 9.47 Å². The number of hydrogen-bond acceptors (Lipinski definition) is 7. The van der Waals surface area contributed by atoms with Gasteiger partial charge in [-0.05, 0) is 49.2 Å². The highest BCUT2D eigenvalue weighted by Crippen LogP contribution is 2.35. The highest BCUT2D eigenvalue weighted by molar-refractivity contribution is 7.90. The van der Waals surface area contributed by atoms with Crippen molar-refractivity contribution in [1.82, 2.24) is 0 Å². The van der Waals surface area contributed by atoms with Crippen LogP contribution in [0.15, 0.2) is 82.1 Å². The van der Waals surface area contributed by atoms with Crippen LogP contribution in [0.2, 0.25) is 0 Å². The normalized spacial score (nSPS) is 15.2. The number of aliphatic hydroxyl groups excluding tert-OH is 1. The molecule has 0 radical (unpaired) electrons. The van der Waals surface area contributed by atoms with E-state index in [1.54, 1.807) is 24.3 Å². The van der Waals surface area contributed by atoms with Crippen LogP contribution in [-0.2, 0) is 26.2 Å². The zero-order chi connectivity index (χ0) is 25.9. The summed E-state index contributed by atoms with van der Waals surface area (Å²) >= 11 is 0. The lowest BCUT2D eigenvalue weighted by Gasteiger charge is -2.29. The van der Waals surface area contributed by atoms with Crippen molar-refractivity contribution in [3.63, 3.8) is 0 Å². The summed E-state index contributed by atoms with van der Waals surface area (Å²) in [7, 11) is -4.29.